The van der Waals surface area contributed by atoms with Crippen LogP contribution >= 0.6 is 11.3 Å². The van der Waals surface area contributed by atoms with Crippen molar-refractivity contribution in [2.24, 2.45) is 0 Å². The molecule has 192 valence electrons. The number of nitrogens with zero attached hydrogens (tertiary/aromatic N) is 3. The normalized spacial score (nSPS) is 14.6. The number of carbonyl (C=O) groups is 1. The van der Waals surface area contributed by atoms with Crippen molar-refractivity contribution in [3.63, 3.8) is 0 Å². The minimum atomic E-state index is -3.54. The van der Waals surface area contributed by atoms with Crippen molar-refractivity contribution in [3.05, 3.63) is 76.2 Å². The molecule has 0 saturated carbocycles. The monoisotopic (exact) mass is 536 g/mol. The molecule has 0 bridgehead atoms. The van der Waals surface area contributed by atoms with Crippen LogP contribution in [0, 0.1) is 0 Å². The van der Waals surface area contributed by atoms with Gasteiger partial charge < -0.3 is 5.32 Å². The van der Waals surface area contributed by atoms with Crippen LogP contribution in [0.5, 0.6) is 0 Å². The van der Waals surface area contributed by atoms with E-state index in [1.165, 1.54) is 44.2 Å². The number of hydrogen-bond donors (Lipinski definition) is 1. The van der Waals surface area contributed by atoms with Crippen LogP contribution in [0.25, 0.3) is 21.3 Å². The van der Waals surface area contributed by atoms with Crippen LogP contribution in [0.4, 0.5) is 5.69 Å². The maximum Gasteiger partial charge on any atom is 0.263 e. The zero-order chi connectivity index (χ0) is 26.0. The number of amides is 1. The van der Waals surface area contributed by atoms with Crippen LogP contribution < -0.4 is 10.9 Å². The molecule has 1 aliphatic heterocycles. The van der Waals surface area contributed by atoms with E-state index in [1.807, 2.05) is 29.6 Å². The molecule has 2 aromatic carbocycles. The fraction of sp³-hybridized carbons (Fsp3) is 0.296. The Balaban J connectivity index is 1.32. The SMILES string of the molecule is CCc1ccc(-c2csc3ncn(CC(=O)Nc4ccc(S(=O)(=O)N5CCCCC5)cc4)c(=O)c23)cc1. The number of aryl methyl sites for hydroxylation is 1. The molecule has 3 heterocycles. The van der Waals surface area contributed by atoms with Gasteiger partial charge in [0.1, 0.15) is 11.4 Å². The van der Waals surface area contributed by atoms with Gasteiger partial charge in [-0.1, -0.05) is 37.6 Å². The van der Waals surface area contributed by atoms with E-state index in [9.17, 15) is 18.0 Å². The molecule has 37 heavy (non-hydrogen) atoms. The third kappa shape index (κ3) is 5.22. The highest BCUT2D eigenvalue weighted by Gasteiger charge is 2.25. The molecular formula is C27H28N4O4S2. The molecule has 0 radical (unpaired) electrons. The van der Waals surface area contributed by atoms with E-state index in [2.05, 4.69) is 17.2 Å². The number of carbonyl (C=O) groups excluding carboxylic acids is 1. The van der Waals surface area contributed by atoms with Crippen molar-refractivity contribution in [2.75, 3.05) is 18.4 Å². The molecule has 4 aromatic rings. The van der Waals surface area contributed by atoms with E-state index >= 15 is 0 Å². The Morgan fingerprint density at radius 1 is 1.03 bits per heavy atom. The number of thiophene rings is 1. The molecule has 5 rings (SSSR count). The summed E-state index contributed by atoms with van der Waals surface area (Å²) in [6.07, 6.45) is 5.10. The van der Waals surface area contributed by atoms with Gasteiger partial charge in [-0.05, 0) is 54.7 Å². The van der Waals surface area contributed by atoms with Crippen LogP contribution in [-0.2, 0) is 27.8 Å². The number of hydrogen-bond acceptors (Lipinski definition) is 6. The zero-order valence-corrected chi connectivity index (χ0v) is 22.1. The van der Waals surface area contributed by atoms with Gasteiger partial charge in [-0.3, -0.25) is 14.2 Å². The summed E-state index contributed by atoms with van der Waals surface area (Å²) in [4.78, 5) is 31.2. The second-order valence-electron chi connectivity index (χ2n) is 9.09. The Bertz CT molecular complexity index is 1580. The van der Waals surface area contributed by atoms with Gasteiger partial charge in [-0.15, -0.1) is 11.3 Å². The molecule has 0 unspecified atom stereocenters. The summed E-state index contributed by atoms with van der Waals surface area (Å²) in [7, 11) is -3.54. The number of fused-ring (bicyclic) bond motifs is 1. The predicted octanol–water partition coefficient (Wildman–Crippen LogP) is 4.50. The highest BCUT2D eigenvalue weighted by molar-refractivity contribution is 7.89. The van der Waals surface area contributed by atoms with Crippen molar-refractivity contribution in [2.45, 2.75) is 44.0 Å². The number of piperidine rings is 1. The molecule has 2 aromatic heterocycles. The molecule has 1 aliphatic rings. The molecule has 10 heteroatoms. The van der Waals surface area contributed by atoms with E-state index in [0.717, 1.165) is 36.8 Å². The fourth-order valence-corrected chi connectivity index (χ4v) is 6.96. The minimum absolute atomic E-state index is 0.204. The van der Waals surface area contributed by atoms with Gasteiger partial charge in [-0.2, -0.15) is 4.31 Å². The summed E-state index contributed by atoms with van der Waals surface area (Å²) in [6, 6.07) is 14.2. The minimum Gasteiger partial charge on any atom is -0.325 e. The molecule has 1 fully saturated rings. The second kappa shape index (κ2) is 10.6. The molecule has 1 saturated heterocycles. The molecule has 1 amide bonds. The van der Waals surface area contributed by atoms with E-state index < -0.39 is 15.9 Å². The third-order valence-corrected chi connectivity index (χ3v) is 9.44. The van der Waals surface area contributed by atoms with Crippen molar-refractivity contribution >= 4 is 43.2 Å². The van der Waals surface area contributed by atoms with Crippen LogP contribution in [0.2, 0.25) is 0 Å². The van der Waals surface area contributed by atoms with Crippen LogP contribution in [0.1, 0.15) is 31.7 Å². The van der Waals surface area contributed by atoms with Crippen LogP contribution in [0.3, 0.4) is 0 Å². The highest BCUT2D eigenvalue weighted by atomic mass is 32.2. The number of benzene rings is 2. The molecule has 0 spiro atoms. The molecule has 0 aliphatic carbocycles. The third-order valence-electron chi connectivity index (χ3n) is 6.64. The average Bonchev–Trinajstić information content (AvgIpc) is 3.36. The summed E-state index contributed by atoms with van der Waals surface area (Å²) in [5.74, 6) is -0.404. The lowest BCUT2D eigenvalue weighted by Crippen LogP contribution is -2.35. The molecular weight excluding hydrogens is 508 g/mol. The molecule has 0 atom stereocenters. The van der Waals surface area contributed by atoms with Crippen molar-refractivity contribution in [1.82, 2.24) is 13.9 Å². The van der Waals surface area contributed by atoms with Gasteiger partial charge in [0, 0.05) is 29.7 Å². The quantitative estimate of drug-likeness (QED) is 0.375. The Labute approximate surface area is 219 Å². The second-order valence-corrected chi connectivity index (χ2v) is 11.9. The van der Waals surface area contributed by atoms with Crippen LogP contribution in [-0.4, -0.2) is 41.3 Å². The Morgan fingerprint density at radius 2 is 1.73 bits per heavy atom. The molecule has 1 N–H and O–H groups in total. The zero-order valence-electron chi connectivity index (χ0n) is 20.5. The van der Waals surface area contributed by atoms with E-state index in [4.69, 9.17) is 0 Å². The maximum atomic E-state index is 13.3. The maximum absolute atomic E-state index is 13.3. The first-order chi connectivity index (χ1) is 17.9. The van der Waals surface area contributed by atoms with Crippen molar-refractivity contribution in [3.8, 4) is 11.1 Å². The topological polar surface area (TPSA) is 101 Å². The molecule has 8 nitrogen and oxygen atoms in total. The standard InChI is InChI=1S/C27H28N4O4S2/c1-2-19-6-8-20(9-7-19)23-17-36-26-25(23)27(33)30(18-28-26)16-24(32)29-21-10-12-22(13-11-21)37(34,35)31-14-4-3-5-15-31/h6-13,17-18H,2-5,14-16H2,1H3,(H,29,32). The average molecular weight is 537 g/mol. The Kier molecular flexibility index (Phi) is 7.23. The number of nitrogens with one attached hydrogen (secondary N) is 1. The highest BCUT2D eigenvalue weighted by Crippen LogP contribution is 2.31. The van der Waals surface area contributed by atoms with Gasteiger partial charge >= 0.3 is 0 Å². The summed E-state index contributed by atoms with van der Waals surface area (Å²) < 4.78 is 28.5. The largest absolute Gasteiger partial charge is 0.325 e. The first kappa shape index (κ1) is 25.3. The smallest absolute Gasteiger partial charge is 0.263 e. The van der Waals surface area contributed by atoms with Gasteiger partial charge in [0.05, 0.1) is 16.6 Å². The Hall–Kier alpha value is -3.34. The van der Waals surface area contributed by atoms with Crippen LogP contribution in [0.15, 0.2) is 69.9 Å². The Morgan fingerprint density at radius 3 is 2.41 bits per heavy atom. The van der Waals surface area contributed by atoms with Gasteiger partial charge in [0.15, 0.2) is 0 Å². The first-order valence-corrected chi connectivity index (χ1v) is 14.6. The number of anilines is 1. The summed E-state index contributed by atoms with van der Waals surface area (Å²) in [5, 5.41) is 5.16. The first-order valence-electron chi connectivity index (χ1n) is 12.3. The summed E-state index contributed by atoms with van der Waals surface area (Å²) in [5.41, 5.74) is 3.13. The van der Waals surface area contributed by atoms with Crippen molar-refractivity contribution < 1.29 is 13.2 Å². The fourth-order valence-electron chi connectivity index (χ4n) is 4.53. The van der Waals surface area contributed by atoms with Gasteiger partial charge in [0.2, 0.25) is 15.9 Å². The lowest BCUT2D eigenvalue weighted by Gasteiger charge is -2.25. The number of rotatable bonds is 7. The number of sulfonamides is 1. The van der Waals surface area contributed by atoms with Gasteiger partial charge in [-0.25, -0.2) is 13.4 Å². The summed E-state index contributed by atoms with van der Waals surface area (Å²) >= 11 is 1.40. The number of aromatic nitrogens is 2. The lowest BCUT2D eigenvalue weighted by atomic mass is 10.0. The van der Waals surface area contributed by atoms with E-state index in [1.54, 1.807) is 12.1 Å². The van der Waals surface area contributed by atoms with Crippen molar-refractivity contribution in [1.29, 1.82) is 0 Å². The van der Waals surface area contributed by atoms with Gasteiger partial charge in [0.25, 0.3) is 5.56 Å². The predicted molar refractivity (Wildman–Crippen MR) is 146 cm³/mol. The van der Waals surface area contributed by atoms with E-state index in [0.29, 0.717) is 29.0 Å². The summed E-state index contributed by atoms with van der Waals surface area (Å²) in [6.45, 7) is 2.95. The lowest BCUT2D eigenvalue weighted by molar-refractivity contribution is -0.116. The van der Waals surface area contributed by atoms with E-state index in [-0.39, 0.29) is 17.0 Å².